The molecule has 2 aromatic rings. The van der Waals surface area contributed by atoms with E-state index >= 15 is 0 Å². The van der Waals surface area contributed by atoms with E-state index in [2.05, 4.69) is 0 Å². The summed E-state index contributed by atoms with van der Waals surface area (Å²) in [6.07, 6.45) is 0.863. The third kappa shape index (κ3) is 4.82. The molecule has 182 valence electrons. The van der Waals surface area contributed by atoms with Crippen LogP contribution in [0.2, 0.25) is 0 Å². The highest BCUT2D eigenvalue weighted by molar-refractivity contribution is 5.79. The first-order chi connectivity index (χ1) is 16.4. The van der Waals surface area contributed by atoms with Crippen molar-refractivity contribution >= 4 is 11.9 Å². The van der Waals surface area contributed by atoms with Gasteiger partial charge in [0, 0.05) is 32.1 Å². The summed E-state index contributed by atoms with van der Waals surface area (Å²) in [5.41, 5.74) is 1.71. The van der Waals surface area contributed by atoms with E-state index in [1.54, 1.807) is 19.1 Å². The molecule has 2 aromatic carbocycles. The lowest BCUT2D eigenvalue weighted by Gasteiger charge is -2.28. The number of hydrogen-bond donors (Lipinski definition) is 1. The Balaban J connectivity index is 1.71. The minimum atomic E-state index is -0.891. The summed E-state index contributed by atoms with van der Waals surface area (Å²) in [6.45, 7) is 4.24. The molecule has 1 saturated heterocycles. The number of methoxy groups -OCH3 is 1. The number of fused-ring (bicyclic) bond motifs is 1. The smallest absolute Gasteiger partial charge is 0.309 e. The number of benzene rings is 2. The average molecular weight is 469 g/mol. The van der Waals surface area contributed by atoms with E-state index in [0.717, 1.165) is 17.5 Å². The molecule has 0 spiro atoms. The van der Waals surface area contributed by atoms with Crippen molar-refractivity contribution < 1.29 is 28.9 Å². The largest absolute Gasteiger partial charge is 0.497 e. The maximum absolute atomic E-state index is 13.0. The summed E-state index contributed by atoms with van der Waals surface area (Å²) in [4.78, 5) is 29.3. The number of carbonyl (C=O) groups is 2. The van der Waals surface area contributed by atoms with Gasteiger partial charge in [0.05, 0.1) is 19.6 Å². The Morgan fingerprint density at radius 1 is 1.09 bits per heavy atom. The predicted octanol–water partition coefficient (Wildman–Crippen LogP) is 3.18. The van der Waals surface area contributed by atoms with Gasteiger partial charge < -0.3 is 24.2 Å². The molecule has 0 saturated carbocycles. The number of carbonyl (C=O) groups excluding carboxylic acids is 1. The first kappa shape index (κ1) is 23.9. The topological polar surface area (TPSA) is 88.5 Å². The number of aliphatic carboxylic acids is 1. The molecule has 0 radical (unpaired) electrons. The van der Waals surface area contributed by atoms with Gasteiger partial charge in [0.15, 0.2) is 11.5 Å². The van der Waals surface area contributed by atoms with Crippen LogP contribution >= 0.6 is 0 Å². The maximum atomic E-state index is 13.0. The maximum Gasteiger partial charge on any atom is 0.309 e. The number of likely N-dealkylation sites (tertiary alicyclic amines) is 1. The Morgan fingerprint density at radius 3 is 2.41 bits per heavy atom. The Bertz CT molecular complexity index is 1020. The second kappa shape index (κ2) is 10.3. The normalized spacial score (nSPS) is 21.8. The van der Waals surface area contributed by atoms with Crippen molar-refractivity contribution in [2.75, 3.05) is 47.0 Å². The van der Waals surface area contributed by atoms with Crippen molar-refractivity contribution in [3.63, 3.8) is 0 Å². The predicted molar refractivity (Wildman–Crippen MR) is 127 cm³/mol. The molecule has 1 amide bonds. The van der Waals surface area contributed by atoms with Gasteiger partial charge in [-0.05, 0) is 41.8 Å². The monoisotopic (exact) mass is 468 g/mol. The van der Waals surface area contributed by atoms with Crippen LogP contribution in [0, 0.1) is 5.92 Å². The fourth-order valence-electron chi connectivity index (χ4n) is 4.97. The van der Waals surface area contributed by atoms with E-state index < -0.39 is 17.9 Å². The summed E-state index contributed by atoms with van der Waals surface area (Å²) < 4.78 is 16.7. The fraction of sp³-hybridized carbons (Fsp3) is 0.462. The molecule has 0 unspecified atom stereocenters. The third-order valence-corrected chi connectivity index (χ3v) is 6.66. The quantitative estimate of drug-likeness (QED) is 0.637. The second-order valence-corrected chi connectivity index (χ2v) is 8.84. The lowest BCUT2D eigenvalue weighted by atomic mass is 9.82. The first-order valence-corrected chi connectivity index (χ1v) is 11.7. The number of nitrogens with zero attached hydrogens (tertiary/aromatic N) is 2. The highest BCUT2D eigenvalue weighted by Crippen LogP contribution is 2.47. The third-order valence-electron chi connectivity index (χ3n) is 6.66. The Morgan fingerprint density at radius 2 is 1.76 bits per heavy atom. The van der Waals surface area contributed by atoms with Crippen molar-refractivity contribution in [1.82, 2.24) is 9.80 Å². The minimum Gasteiger partial charge on any atom is -0.497 e. The molecule has 1 N–H and O–H groups in total. The number of ether oxygens (including phenoxy) is 3. The molecule has 8 nitrogen and oxygen atoms in total. The van der Waals surface area contributed by atoms with Gasteiger partial charge in [-0.3, -0.25) is 14.5 Å². The highest BCUT2D eigenvalue weighted by Gasteiger charge is 2.48. The Hall–Kier alpha value is -3.26. The van der Waals surface area contributed by atoms with Gasteiger partial charge in [0.2, 0.25) is 5.91 Å². The van der Waals surface area contributed by atoms with Crippen LogP contribution in [0.4, 0.5) is 0 Å². The number of rotatable bonds is 8. The fourth-order valence-corrected chi connectivity index (χ4v) is 4.97. The van der Waals surface area contributed by atoms with E-state index in [1.807, 2.05) is 54.3 Å². The van der Waals surface area contributed by atoms with E-state index in [4.69, 9.17) is 14.2 Å². The van der Waals surface area contributed by atoms with Crippen LogP contribution in [0.15, 0.2) is 42.5 Å². The molecule has 34 heavy (non-hydrogen) atoms. The van der Waals surface area contributed by atoms with Crippen LogP contribution in [0.3, 0.4) is 0 Å². The molecule has 2 aliphatic heterocycles. The molecule has 0 aliphatic carbocycles. The summed E-state index contributed by atoms with van der Waals surface area (Å²) in [5.74, 6) is 0.0306. The molecule has 8 heteroatoms. The van der Waals surface area contributed by atoms with Gasteiger partial charge in [-0.2, -0.15) is 0 Å². The molecule has 2 heterocycles. The summed E-state index contributed by atoms with van der Waals surface area (Å²) in [6, 6.07) is 12.6. The summed E-state index contributed by atoms with van der Waals surface area (Å²) >= 11 is 0. The van der Waals surface area contributed by atoms with Gasteiger partial charge in [0.1, 0.15) is 19.0 Å². The summed E-state index contributed by atoms with van der Waals surface area (Å²) in [7, 11) is 3.38. The average Bonchev–Trinajstić information content (AvgIpc) is 3.23. The molecule has 3 atom stereocenters. The van der Waals surface area contributed by atoms with Gasteiger partial charge in [0.25, 0.3) is 0 Å². The molecular formula is C26H32N2O6. The van der Waals surface area contributed by atoms with E-state index in [9.17, 15) is 14.7 Å². The molecule has 0 aromatic heterocycles. The van der Waals surface area contributed by atoms with Crippen LogP contribution < -0.4 is 14.2 Å². The first-order valence-electron chi connectivity index (χ1n) is 11.7. The van der Waals surface area contributed by atoms with E-state index in [-0.39, 0.29) is 18.4 Å². The Kier molecular flexibility index (Phi) is 7.26. The molecular weight excluding hydrogens is 436 g/mol. The second-order valence-electron chi connectivity index (χ2n) is 8.84. The standard InChI is InChI=1S/C26H32N2O6/c1-4-11-27(2)23(29)16-28-15-20(18-7-10-21-22(14-18)34-13-12-33-21)24(26(30)31)25(28)17-5-8-19(32-3)9-6-17/h5-10,14,20,24-25H,4,11-13,15-16H2,1-3H3,(H,30,31)/t20-,24+,25-/m1/s1. The Labute approximate surface area is 200 Å². The van der Waals surface area contributed by atoms with Crippen molar-refractivity contribution in [3.05, 3.63) is 53.6 Å². The zero-order valence-corrected chi connectivity index (χ0v) is 19.9. The van der Waals surface area contributed by atoms with Crippen LogP contribution in [-0.4, -0.2) is 73.8 Å². The zero-order chi connectivity index (χ0) is 24.2. The number of carboxylic acid groups (broad SMARTS) is 1. The number of amides is 1. The van der Waals surface area contributed by atoms with Crippen LogP contribution in [-0.2, 0) is 9.59 Å². The van der Waals surface area contributed by atoms with Crippen molar-refractivity contribution in [3.8, 4) is 17.2 Å². The summed E-state index contributed by atoms with van der Waals surface area (Å²) in [5, 5.41) is 10.4. The van der Waals surface area contributed by atoms with E-state index in [0.29, 0.717) is 43.6 Å². The zero-order valence-electron chi connectivity index (χ0n) is 19.9. The van der Waals surface area contributed by atoms with Crippen LogP contribution in [0.5, 0.6) is 17.2 Å². The lowest BCUT2D eigenvalue weighted by molar-refractivity contribution is -0.143. The number of carboxylic acids is 1. The number of hydrogen-bond acceptors (Lipinski definition) is 6. The lowest BCUT2D eigenvalue weighted by Crippen LogP contribution is -2.39. The molecule has 4 rings (SSSR count). The molecule has 1 fully saturated rings. The SMILES string of the molecule is CCCN(C)C(=O)CN1C[C@H](c2ccc3c(c2)OCCO3)[C@H](C(=O)O)[C@H]1c1ccc(OC)cc1. The minimum absolute atomic E-state index is 0.0210. The van der Waals surface area contributed by atoms with Crippen molar-refractivity contribution in [1.29, 1.82) is 0 Å². The van der Waals surface area contributed by atoms with Crippen LogP contribution in [0.25, 0.3) is 0 Å². The van der Waals surface area contributed by atoms with Gasteiger partial charge in [-0.25, -0.2) is 0 Å². The van der Waals surface area contributed by atoms with Gasteiger partial charge >= 0.3 is 5.97 Å². The van der Waals surface area contributed by atoms with Gasteiger partial charge in [-0.15, -0.1) is 0 Å². The van der Waals surface area contributed by atoms with Gasteiger partial charge in [-0.1, -0.05) is 25.1 Å². The number of likely N-dealkylation sites (N-methyl/N-ethyl adjacent to an activating group) is 1. The molecule has 2 aliphatic rings. The van der Waals surface area contributed by atoms with Crippen LogP contribution in [0.1, 0.15) is 36.4 Å². The van der Waals surface area contributed by atoms with Crippen molar-refractivity contribution in [2.45, 2.75) is 25.3 Å². The highest BCUT2D eigenvalue weighted by atomic mass is 16.6. The molecule has 0 bridgehead atoms. The van der Waals surface area contributed by atoms with E-state index in [1.165, 1.54) is 0 Å². The van der Waals surface area contributed by atoms with Crippen molar-refractivity contribution in [2.24, 2.45) is 5.92 Å².